The second-order valence-corrected chi connectivity index (χ2v) is 5.21. The zero-order chi connectivity index (χ0) is 14.7. The van der Waals surface area contributed by atoms with Crippen molar-refractivity contribution in [2.75, 3.05) is 7.05 Å². The third kappa shape index (κ3) is 3.36. The van der Waals surface area contributed by atoms with Crippen LogP contribution in [0.3, 0.4) is 0 Å². The number of carboxylic acid groups (broad SMARTS) is 1. The zero-order valence-electron chi connectivity index (χ0n) is 11.7. The Balaban J connectivity index is 1.95. The van der Waals surface area contributed by atoms with E-state index in [1.54, 1.807) is 36.2 Å². The lowest BCUT2D eigenvalue weighted by Gasteiger charge is -2.21. The summed E-state index contributed by atoms with van der Waals surface area (Å²) in [7, 11) is 1.74. The van der Waals surface area contributed by atoms with Crippen LogP contribution in [0.2, 0.25) is 0 Å². The highest BCUT2D eigenvalue weighted by atomic mass is 16.5. The molecule has 1 aromatic carbocycles. The smallest absolute Gasteiger partial charge is 0.335 e. The number of hydrogen-bond donors (Lipinski definition) is 1. The van der Waals surface area contributed by atoms with Crippen molar-refractivity contribution in [3.8, 4) is 0 Å². The summed E-state index contributed by atoms with van der Waals surface area (Å²) >= 11 is 0. The van der Waals surface area contributed by atoms with Gasteiger partial charge < -0.3 is 14.7 Å². The van der Waals surface area contributed by atoms with E-state index in [1.807, 2.05) is 6.92 Å². The first-order chi connectivity index (χ1) is 9.47. The maximum absolute atomic E-state index is 12.2. The van der Waals surface area contributed by atoms with E-state index < -0.39 is 5.97 Å². The molecule has 0 aromatic heterocycles. The average Bonchev–Trinajstić information content (AvgIpc) is 2.85. The number of carbonyl (C=O) groups excluding carboxylic acids is 1. The van der Waals surface area contributed by atoms with E-state index in [2.05, 4.69) is 0 Å². The fourth-order valence-corrected chi connectivity index (χ4v) is 2.33. The number of likely N-dealkylation sites (N-methyl/N-ethyl adjacent to an activating group) is 1. The third-order valence-corrected chi connectivity index (χ3v) is 3.50. The molecule has 0 radical (unpaired) electrons. The van der Waals surface area contributed by atoms with Gasteiger partial charge in [-0.3, -0.25) is 4.79 Å². The van der Waals surface area contributed by atoms with E-state index in [1.165, 1.54) is 0 Å². The number of aromatic carboxylic acids is 1. The molecule has 0 saturated carbocycles. The van der Waals surface area contributed by atoms with E-state index in [-0.39, 0.29) is 23.7 Å². The number of benzene rings is 1. The molecule has 0 spiro atoms. The lowest BCUT2D eigenvalue weighted by Crippen LogP contribution is -2.35. The normalized spacial score (nSPS) is 21.7. The molecule has 0 aliphatic carbocycles. The van der Waals surface area contributed by atoms with Crippen LogP contribution in [0.5, 0.6) is 0 Å². The van der Waals surface area contributed by atoms with Crippen LogP contribution in [0.15, 0.2) is 24.3 Å². The molecule has 1 fully saturated rings. The minimum atomic E-state index is -0.950. The predicted molar refractivity (Wildman–Crippen MR) is 73.4 cm³/mol. The molecule has 2 rings (SSSR count). The van der Waals surface area contributed by atoms with Crippen molar-refractivity contribution in [2.45, 2.75) is 38.5 Å². The molecule has 1 heterocycles. The van der Waals surface area contributed by atoms with Gasteiger partial charge in [-0.15, -0.1) is 0 Å². The Kier molecular flexibility index (Phi) is 4.39. The fraction of sp³-hybridized carbons (Fsp3) is 0.467. The van der Waals surface area contributed by atoms with Crippen molar-refractivity contribution in [1.29, 1.82) is 0 Å². The van der Waals surface area contributed by atoms with Crippen LogP contribution in [0.25, 0.3) is 0 Å². The number of nitrogens with zero attached hydrogens (tertiary/aromatic N) is 1. The molecule has 1 N–H and O–H groups in total. The Hall–Kier alpha value is -1.88. The lowest BCUT2D eigenvalue weighted by molar-refractivity contribution is -0.141. The van der Waals surface area contributed by atoms with Crippen LogP contribution in [0, 0.1) is 0 Å². The summed E-state index contributed by atoms with van der Waals surface area (Å²) in [6, 6.07) is 6.55. The second-order valence-electron chi connectivity index (χ2n) is 5.21. The van der Waals surface area contributed by atoms with Gasteiger partial charge in [0.15, 0.2) is 0 Å². The molecule has 1 aliphatic rings. The van der Waals surface area contributed by atoms with Gasteiger partial charge in [0.2, 0.25) is 0 Å². The van der Waals surface area contributed by atoms with Crippen molar-refractivity contribution in [3.63, 3.8) is 0 Å². The van der Waals surface area contributed by atoms with Crippen molar-refractivity contribution < 1.29 is 19.4 Å². The first kappa shape index (κ1) is 14.5. The molecule has 1 amide bonds. The maximum atomic E-state index is 12.2. The second kappa shape index (κ2) is 6.05. The van der Waals surface area contributed by atoms with Gasteiger partial charge in [0.25, 0.3) is 5.91 Å². The summed E-state index contributed by atoms with van der Waals surface area (Å²) in [5.41, 5.74) is 1.15. The van der Waals surface area contributed by atoms with Crippen molar-refractivity contribution in [3.05, 3.63) is 35.4 Å². The molecule has 5 heteroatoms. The van der Waals surface area contributed by atoms with Crippen molar-refractivity contribution >= 4 is 11.9 Å². The SMILES string of the molecule is C[C@@H]1CC[C@@H](C(=O)N(C)Cc2ccc(C(=O)O)cc2)O1. The number of amides is 1. The maximum Gasteiger partial charge on any atom is 0.335 e. The summed E-state index contributed by atoms with van der Waals surface area (Å²) in [5, 5.41) is 8.83. The molecular formula is C15H19NO4. The van der Waals surface area contributed by atoms with Crippen LogP contribution in [0.4, 0.5) is 0 Å². The first-order valence-electron chi connectivity index (χ1n) is 6.70. The quantitative estimate of drug-likeness (QED) is 0.913. The Morgan fingerprint density at radius 2 is 1.95 bits per heavy atom. The summed E-state index contributed by atoms with van der Waals surface area (Å²) in [5.74, 6) is -0.967. The molecular weight excluding hydrogens is 258 g/mol. The van der Waals surface area contributed by atoms with Crippen molar-refractivity contribution in [1.82, 2.24) is 4.90 Å². The van der Waals surface area contributed by atoms with Gasteiger partial charge >= 0.3 is 5.97 Å². The van der Waals surface area contributed by atoms with Gasteiger partial charge in [0, 0.05) is 13.6 Å². The first-order valence-corrected chi connectivity index (χ1v) is 6.70. The third-order valence-electron chi connectivity index (χ3n) is 3.50. The Morgan fingerprint density at radius 3 is 2.45 bits per heavy atom. The number of carboxylic acids is 1. The Labute approximate surface area is 118 Å². The zero-order valence-corrected chi connectivity index (χ0v) is 11.7. The fourth-order valence-electron chi connectivity index (χ4n) is 2.33. The highest BCUT2D eigenvalue weighted by molar-refractivity contribution is 5.87. The van der Waals surface area contributed by atoms with E-state index in [0.29, 0.717) is 6.54 Å². The molecule has 0 unspecified atom stereocenters. The largest absolute Gasteiger partial charge is 0.478 e. The van der Waals surface area contributed by atoms with Gasteiger partial charge in [-0.2, -0.15) is 0 Å². The highest BCUT2D eigenvalue weighted by Crippen LogP contribution is 2.21. The highest BCUT2D eigenvalue weighted by Gasteiger charge is 2.30. The van der Waals surface area contributed by atoms with Gasteiger partial charge in [-0.25, -0.2) is 4.79 Å². The topological polar surface area (TPSA) is 66.8 Å². The summed E-state index contributed by atoms with van der Waals surface area (Å²) in [6.07, 6.45) is 1.49. The van der Waals surface area contributed by atoms with E-state index in [4.69, 9.17) is 9.84 Å². The minimum Gasteiger partial charge on any atom is -0.478 e. The van der Waals surface area contributed by atoms with Gasteiger partial charge in [-0.1, -0.05) is 12.1 Å². The van der Waals surface area contributed by atoms with Gasteiger partial charge in [0.1, 0.15) is 6.10 Å². The summed E-state index contributed by atoms with van der Waals surface area (Å²) in [4.78, 5) is 24.6. The van der Waals surface area contributed by atoms with Crippen LogP contribution < -0.4 is 0 Å². The summed E-state index contributed by atoms with van der Waals surface area (Å²) < 4.78 is 5.56. The number of carbonyl (C=O) groups is 2. The molecule has 0 bridgehead atoms. The average molecular weight is 277 g/mol. The molecule has 20 heavy (non-hydrogen) atoms. The minimum absolute atomic E-state index is 0.0170. The number of hydrogen-bond acceptors (Lipinski definition) is 3. The Bertz CT molecular complexity index is 497. The van der Waals surface area contributed by atoms with Crippen molar-refractivity contribution in [2.24, 2.45) is 0 Å². The van der Waals surface area contributed by atoms with E-state index >= 15 is 0 Å². The molecule has 2 atom stereocenters. The van der Waals surface area contributed by atoms with Crippen LogP contribution in [-0.2, 0) is 16.1 Å². The van der Waals surface area contributed by atoms with E-state index in [9.17, 15) is 9.59 Å². The molecule has 5 nitrogen and oxygen atoms in total. The van der Waals surface area contributed by atoms with E-state index in [0.717, 1.165) is 18.4 Å². The standard InChI is InChI=1S/C15H19NO4/c1-10-3-8-13(20-10)14(17)16(2)9-11-4-6-12(7-5-11)15(18)19/h4-7,10,13H,3,8-9H2,1-2H3,(H,18,19)/t10-,13+/m1/s1. The monoisotopic (exact) mass is 277 g/mol. The predicted octanol–water partition coefficient (Wildman–Crippen LogP) is 1.91. The Morgan fingerprint density at radius 1 is 1.30 bits per heavy atom. The molecule has 1 aromatic rings. The molecule has 1 aliphatic heterocycles. The number of rotatable bonds is 4. The van der Waals surface area contributed by atoms with Crippen LogP contribution in [0.1, 0.15) is 35.7 Å². The molecule has 1 saturated heterocycles. The molecule has 108 valence electrons. The van der Waals surface area contributed by atoms with Gasteiger partial charge in [-0.05, 0) is 37.5 Å². The number of ether oxygens (including phenoxy) is 1. The van der Waals surface area contributed by atoms with Crippen LogP contribution >= 0.6 is 0 Å². The van der Waals surface area contributed by atoms with Crippen LogP contribution in [-0.4, -0.2) is 41.1 Å². The lowest BCUT2D eigenvalue weighted by atomic mass is 10.1. The van der Waals surface area contributed by atoms with Gasteiger partial charge in [0.05, 0.1) is 11.7 Å². The summed E-state index contributed by atoms with van der Waals surface area (Å²) in [6.45, 7) is 2.42.